The molecular weight excluding hydrogens is 313 g/mol. The van der Waals surface area contributed by atoms with E-state index in [1.54, 1.807) is 0 Å². The van der Waals surface area contributed by atoms with Gasteiger partial charge in [0, 0.05) is 40.4 Å². The summed E-state index contributed by atoms with van der Waals surface area (Å²) in [6.45, 7) is 0. The molecule has 0 saturated heterocycles. The Bertz CT molecular complexity index is 152. The van der Waals surface area contributed by atoms with Gasteiger partial charge in [-0.3, -0.25) is 0 Å². The van der Waals surface area contributed by atoms with Crippen LogP contribution in [0.25, 0.3) is 0 Å². The molecule has 0 aromatic rings. The zero-order chi connectivity index (χ0) is 8.58. The Hall–Kier alpha value is 0.458. The summed E-state index contributed by atoms with van der Waals surface area (Å²) in [5.41, 5.74) is 0. The van der Waals surface area contributed by atoms with Crippen LogP contribution in [0, 0.1) is 40.4 Å². The number of carboxylic acids is 1. The van der Waals surface area contributed by atoms with Crippen LogP contribution in [0.5, 0.6) is 0 Å². The van der Waals surface area contributed by atoms with Crippen molar-refractivity contribution in [3.05, 3.63) is 0 Å². The van der Waals surface area contributed by atoms with Gasteiger partial charge in [-0.05, 0) is 0 Å². The van der Waals surface area contributed by atoms with Gasteiger partial charge in [0.15, 0.2) is 0 Å². The Kier molecular flexibility index (Phi) is 4.99. The van der Waals surface area contributed by atoms with Crippen LogP contribution in [0.4, 0.5) is 22.0 Å². The number of rotatable bonds is 1. The number of carbonyl (C=O) groups is 1. The fourth-order valence-electron chi connectivity index (χ4n) is 0.121. The Labute approximate surface area is 89.9 Å². The summed E-state index contributed by atoms with van der Waals surface area (Å²) in [5.74, 6) is -8.84. The molecule has 2 nitrogen and oxygen atoms in total. The fourth-order valence-corrected chi connectivity index (χ4v) is 0.121. The van der Waals surface area contributed by atoms with Gasteiger partial charge in [0.2, 0.25) is 0 Å². The van der Waals surface area contributed by atoms with Gasteiger partial charge in [-0.15, -0.1) is 0 Å². The number of hydrogen-bond acceptors (Lipinski definition) is 1. The monoisotopic (exact) mass is 316 g/mol. The SMILES string of the molecule is O=C(O)C(F)(F)C(F)(F)F.[Sm]. The minimum absolute atomic E-state index is 0. The van der Waals surface area contributed by atoms with Crippen LogP contribution >= 0.6 is 0 Å². The second kappa shape index (κ2) is 3.91. The maximum atomic E-state index is 11.3. The van der Waals surface area contributed by atoms with E-state index < -0.39 is 18.1 Å². The first-order chi connectivity index (χ1) is 4.19. The van der Waals surface area contributed by atoms with Crippen molar-refractivity contribution in [3.8, 4) is 0 Å². The van der Waals surface area contributed by atoms with E-state index in [2.05, 4.69) is 0 Å². The number of hydrogen-bond donors (Lipinski definition) is 1. The first-order valence-corrected chi connectivity index (χ1v) is 1.87. The molecule has 8 heteroatoms. The summed E-state index contributed by atoms with van der Waals surface area (Å²) < 4.78 is 55.5. The third kappa shape index (κ3) is 3.13. The first kappa shape index (κ1) is 14.0. The molecule has 0 aromatic heterocycles. The van der Waals surface area contributed by atoms with Gasteiger partial charge in [-0.25, -0.2) is 4.79 Å². The molecule has 0 heterocycles. The second-order valence-electron chi connectivity index (χ2n) is 1.38. The van der Waals surface area contributed by atoms with Crippen LogP contribution in [0.2, 0.25) is 0 Å². The van der Waals surface area contributed by atoms with E-state index in [1.165, 1.54) is 0 Å². The van der Waals surface area contributed by atoms with Gasteiger partial charge in [-0.1, -0.05) is 0 Å². The predicted octanol–water partition coefficient (Wildman–Crippen LogP) is 1.27. The molecule has 0 bridgehead atoms. The third-order valence-electron chi connectivity index (χ3n) is 0.625. The number of carboxylic acid groups (broad SMARTS) is 1. The van der Waals surface area contributed by atoms with Crippen molar-refractivity contribution in [2.45, 2.75) is 12.1 Å². The normalized spacial score (nSPS) is 12.1. The molecule has 1 N–H and O–H groups in total. The van der Waals surface area contributed by atoms with Crippen LogP contribution in [0.15, 0.2) is 0 Å². The van der Waals surface area contributed by atoms with Crippen molar-refractivity contribution in [2.75, 3.05) is 0 Å². The van der Waals surface area contributed by atoms with Crippen molar-refractivity contribution in [1.29, 1.82) is 0 Å². The van der Waals surface area contributed by atoms with Gasteiger partial charge in [0.25, 0.3) is 0 Å². The molecule has 0 aromatic carbocycles. The zero-order valence-corrected chi connectivity index (χ0v) is 7.27. The van der Waals surface area contributed by atoms with Crippen LogP contribution in [0.1, 0.15) is 0 Å². The van der Waals surface area contributed by atoms with Crippen LogP contribution in [-0.4, -0.2) is 23.2 Å². The van der Waals surface area contributed by atoms with Crippen molar-refractivity contribution in [3.63, 3.8) is 0 Å². The average molecular weight is 314 g/mol. The molecule has 0 aliphatic heterocycles. The minimum Gasteiger partial charge on any atom is -0.477 e. The quantitative estimate of drug-likeness (QED) is 0.740. The van der Waals surface area contributed by atoms with Crippen molar-refractivity contribution >= 4 is 5.97 Å². The Morgan fingerprint density at radius 3 is 1.36 bits per heavy atom. The van der Waals surface area contributed by atoms with E-state index in [-0.39, 0.29) is 40.4 Å². The average Bonchev–Trinajstić information content (AvgIpc) is 1.62. The maximum Gasteiger partial charge on any atom is 0.465 e. The molecule has 0 unspecified atom stereocenters. The molecule has 0 amide bonds. The van der Waals surface area contributed by atoms with Gasteiger partial charge in [-0.2, -0.15) is 22.0 Å². The summed E-state index contributed by atoms with van der Waals surface area (Å²) in [6, 6.07) is 0. The summed E-state index contributed by atoms with van der Waals surface area (Å²) in [4.78, 5) is 9.20. The molecule has 0 aliphatic rings. The number of aliphatic carboxylic acids is 1. The van der Waals surface area contributed by atoms with Crippen molar-refractivity contribution < 1.29 is 72.2 Å². The van der Waals surface area contributed by atoms with Crippen LogP contribution in [0.3, 0.4) is 0 Å². The molecule has 11 heavy (non-hydrogen) atoms. The molecule has 0 atom stereocenters. The molecule has 0 radical (unpaired) electrons. The summed E-state index contributed by atoms with van der Waals surface area (Å²) in [6.07, 6.45) is -6.02. The Morgan fingerprint density at radius 1 is 1.09 bits per heavy atom. The van der Waals surface area contributed by atoms with E-state index in [0.717, 1.165) is 0 Å². The summed E-state index contributed by atoms with van der Waals surface area (Å²) in [5, 5.41) is 7.31. The molecular formula is C3HF5O2Sm. The maximum absolute atomic E-state index is 11.3. The molecule has 0 rings (SSSR count). The van der Waals surface area contributed by atoms with Crippen molar-refractivity contribution in [2.24, 2.45) is 0 Å². The Morgan fingerprint density at radius 2 is 1.36 bits per heavy atom. The predicted molar refractivity (Wildman–Crippen MR) is 18.6 cm³/mol. The smallest absolute Gasteiger partial charge is 0.465 e. The summed E-state index contributed by atoms with van der Waals surface area (Å²) >= 11 is 0. The molecule has 0 aliphatic carbocycles. The summed E-state index contributed by atoms with van der Waals surface area (Å²) in [7, 11) is 0. The number of alkyl halides is 5. The van der Waals surface area contributed by atoms with Gasteiger partial charge < -0.3 is 5.11 Å². The van der Waals surface area contributed by atoms with E-state index in [9.17, 15) is 26.7 Å². The molecule has 0 spiro atoms. The second-order valence-corrected chi connectivity index (χ2v) is 1.38. The number of halogens is 5. The largest absolute Gasteiger partial charge is 0.477 e. The van der Waals surface area contributed by atoms with E-state index >= 15 is 0 Å². The van der Waals surface area contributed by atoms with E-state index in [0.29, 0.717) is 0 Å². The van der Waals surface area contributed by atoms with Gasteiger partial charge >= 0.3 is 18.1 Å². The van der Waals surface area contributed by atoms with Crippen LogP contribution in [-0.2, 0) is 4.79 Å². The van der Waals surface area contributed by atoms with Gasteiger partial charge in [0.05, 0.1) is 0 Å². The molecule has 0 fully saturated rings. The molecule has 66 valence electrons. The minimum atomic E-state index is -6.02. The standard InChI is InChI=1S/C3HF5O2.Sm/c4-2(5,1(9)10)3(6,7)8;/h(H,9,10);. The first-order valence-electron chi connectivity index (χ1n) is 1.87. The topological polar surface area (TPSA) is 37.3 Å². The van der Waals surface area contributed by atoms with Crippen molar-refractivity contribution in [1.82, 2.24) is 0 Å². The zero-order valence-electron chi connectivity index (χ0n) is 4.65. The van der Waals surface area contributed by atoms with E-state index in [4.69, 9.17) is 5.11 Å². The van der Waals surface area contributed by atoms with E-state index in [1.807, 2.05) is 0 Å². The molecule has 0 saturated carbocycles. The van der Waals surface area contributed by atoms with Gasteiger partial charge in [0.1, 0.15) is 0 Å². The third-order valence-corrected chi connectivity index (χ3v) is 0.625. The fraction of sp³-hybridized carbons (Fsp3) is 0.667. The van der Waals surface area contributed by atoms with Crippen LogP contribution < -0.4 is 0 Å². The Balaban J connectivity index is 0.